The van der Waals surface area contributed by atoms with E-state index in [0.29, 0.717) is 19.8 Å². The molecular formula is C18H27F2N3O2S. The highest BCUT2D eigenvalue weighted by Gasteiger charge is 2.43. The van der Waals surface area contributed by atoms with Crippen LogP contribution in [0.5, 0.6) is 0 Å². The van der Waals surface area contributed by atoms with Crippen LogP contribution in [0.15, 0.2) is 6.20 Å². The molecule has 0 bridgehead atoms. The Balaban J connectivity index is 1.88. The molecule has 2 saturated heterocycles. The number of carbonyl (C=O) groups is 1. The molecule has 1 amide bonds. The van der Waals surface area contributed by atoms with Crippen molar-refractivity contribution in [2.45, 2.75) is 51.0 Å². The Kier molecular flexibility index (Phi) is 5.65. The first kappa shape index (κ1) is 19.6. The first-order valence-corrected chi connectivity index (χ1v) is 9.91. The summed E-state index contributed by atoms with van der Waals surface area (Å²) in [7, 11) is 0. The topological polar surface area (TPSA) is 45.7 Å². The molecule has 26 heavy (non-hydrogen) atoms. The number of thiazole rings is 1. The first-order valence-electron chi connectivity index (χ1n) is 9.09. The molecule has 146 valence electrons. The molecule has 1 atom stereocenters. The number of alkyl halides is 2. The zero-order valence-corrected chi connectivity index (χ0v) is 16.5. The second-order valence-electron chi connectivity index (χ2n) is 8.12. The van der Waals surface area contributed by atoms with E-state index in [4.69, 9.17) is 4.74 Å². The SMILES string of the molecule is CC(C)(C)c1ncc(C(CN2CCOCC2)N2CC(F)(F)CCC2=O)s1. The number of halogens is 2. The molecule has 2 aliphatic rings. The van der Waals surface area contributed by atoms with E-state index in [-0.39, 0.29) is 30.2 Å². The van der Waals surface area contributed by atoms with E-state index in [9.17, 15) is 13.6 Å². The molecule has 1 aromatic heterocycles. The molecule has 0 saturated carbocycles. The molecule has 0 aliphatic carbocycles. The van der Waals surface area contributed by atoms with Crippen LogP contribution < -0.4 is 0 Å². The Morgan fingerprint density at radius 3 is 2.65 bits per heavy atom. The Morgan fingerprint density at radius 1 is 1.35 bits per heavy atom. The fourth-order valence-corrected chi connectivity index (χ4v) is 4.37. The molecule has 0 radical (unpaired) electrons. The van der Waals surface area contributed by atoms with Gasteiger partial charge >= 0.3 is 0 Å². The van der Waals surface area contributed by atoms with Crippen molar-refractivity contribution in [2.24, 2.45) is 0 Å². The molecule has 0 N–H and O–H groups in total. The van der Waals surface area contributed by atoms with E-state index < -0.39 is 12.5 Å². The van der Waals surface area contributed by atoms with Gasteiger partial charge in [-0.1, -0.05) is 20.8 Å². The maximum Gasteiger partial charge on any atom is 0.265 e. The molecule has 1 unspecified atom stereocenters. The highest BCUT2D eigenvalue weighted by atomic mass is 32.1. The van der Waals surface area contributed by atoms with Crippen LogP contribution in [0, 0.1) is 0 Å². The van der Waals surface area contributed by atoms with Crippen molar-refractivity contribution >= 4 is 17.2 Å². The lowest BCUT2D eigenvalue weighted by atomic mass is 9.98. The van der Waals surface area contributed by atoms with Gasteiger partial charge in [0.1, 0.15) is 0 Å². The minimum atomic E-state index is -2.82. The third-order valence-electron chi connectivity index (χ3n) is 4.83. The van der Waals surface area contributed by atoms with Crippen LogP contribution in [0.1, 0.15) is 49.5 Å². The summed E-state index contributed by atoms with van der Waals surface area (Å²) >= 11 is 1.52. The molecule has 1 aromatic rings. The number of morpholine rings is 1. The summed E-state index contributed by atoms with van der Waals surface area (Å²) in [5.74, 6) is -3.02. The monoisotopic (exact) mass is 387 g/mol. The van der Waals surface area contributed by atoms with Gasteiger partial charge in [0.05, 0.1) is 30.8 Å². The molecule has 0 spiro atoms. The molecule has 2 aliphatic heterocycles. The van der Waals surface area contributed by atoms with E-state index in [1.54, 1.807) is 6.20 Å². The molecule has 8 heteroatoms. The number of amides is 1. The molecular weight excluding hydrogens is 360 g/mol. The lowest BCUT2D eigenvalue weighted by molar-refractivity contribution is -0.152. The predicted octanol–water partition coefficient (Wildman–Crippen LogP) is 3.07. The predicted molar refractivity (Wildman–Crippen MR) is 96.7 cm³/mol. The summed E-state index contributed by atoms with van der Waals surface area (Å²) in [6.45, 7) is 9.02. The van der Waals surface area contributed by atoms with Crippen molar-refractivity contribution in [2.75, 3.05) is 39.4 Å². The van der Waals surface area contributed by atoms with Gasteiger partial charge in [0.25, 0.3) is 5.92 Å². The van der Waals surface area contributed by atoms with Crippen LogP contribution in [0.3, 0.4) is 0 Å². The quantitative estimate of drug-likeness (QED) is 0.797. The normalized spacial score (nSPS) is 23.3. The second-order valence-corrected chi connectivity index (χ2v) is 9.19. The first-order chi connectivity index (χ1) is 12.2. The van der Waals surface area contributed by atoms with E-state index in [0.717, 1.165) is 23.0 Å². The summed E-state index contributed by atoms with van der Waals surface area (Å²) in [6, 6.07) is -0.389. The highest BCUT2D eigenvalue weighted by Crippen LogP contribution is 2.37. The zero-order chi connectivity index (χ0) is 18.9. The largest absolute Gasteiger partial charge is 0.379 e. The number of ether oxygens (including phenoxy) is 1. The molecule has 3 heterocycles. The van der Waals surface area contributed by atoms with Gasteiger partial charge in [-0.25, -0.2) is 13.8 Å². The number of rotatable bonds is 4. The van der Waals surface area contributed by atoms with Gasteiger partial charge in [-0.3, -0.25) is 9.69 Å². The van der Waals surface area contributed by atoms with Crippen LogP contribution >= 0.6 is 11.3 Å². The maximum atomic E-state index is 14.0. The summed E-state index contributed by atoms with van der Waals surface area (Å²) in [5.41, 5.74) is -0.109. The van der Waals surface area contributed by atoms with Crippen LogP contribution in [0.25, 0.3) is 0 Å². The molecule has 0 aromatic carbocycles. The number of hydrogen-bond donors (Lipinski definition) is 0. The number of piperidine rings is 1. The standard InChI is InChI=1S/C18H27F2N3O2S/c1-17(2,3)16-21-10-14(26-16)13(11-22-6-8-25-9-7-22)23-12-18(19,20)5-4-15(23)24/h10,13H,4-9,11-12H2,1-3H3. The van der Waals surface area contributed by atoms with Crippen LogP contribution in [0.4, 0.5) is 8.78 Å². The fourth-order valence-electron chi connectivity index (χ4n) is 3.29. The van der Waals surface area contributed by atoms with Crippen molar-refractivity contribution in [3.05, 3.63) is 16.1 Å². The van der Waals surface area contributed by atoms with Gasteiger partial charge in [0, 0.05) is 49.0 Å². The average Bonchev–Trinajstić information content (AvgIpc) is 3.06. The lowest BCUT2D eigenvalue weighted by Gasteiger charge is -2.40. The summed E-state index contributed by atoms with van der Waals surface area (Å²) in [4.78, 5) is 21.4. The third kappa shape index (κ3) is 4.58. The smallest absolute Gasteiger partial charge is 0.265 e. The Bertz CT molecular complexity index is 639. The zero-order valence-electron chi connectivity index (χ0n) is 15.6. The highest BCUT2D eigenvalue weighted by molar-refractivity contribution is 7.11. The number of carbonyl (C=O) groups excluding carboxylic acids is 1. The maximum absolute atomic E-state index is 14.0. The van der Waals surface area contributed by atoms with Crippen molar-refractivity contribution in [3.8, 4) is 0 Å². The van der Waals surface area contributed by atoms with Crippen molar-refractivity contribution in [1.29, 1.82) is 0 Å². The van der Waals surface area contributed by atoms with E-state index >= 15 is 0 Å². The summed E-state index contributed by atoms with van der Waals surface area (Å²) < 4.78 is 33.5. The summed E-state index contributed by atoms with van der Waals surface area (Å²) in [5, 5.41) is 0.954. The van der Waals surface area contributed by atoms with Gasteiger partial charge < -0.3 is 9.64 Å². The van der Waals surface area contributed by atoms with E-state index in [1.165, 1.54) is 16.2 Å². The van der Waals surface area contributed by atoms with Gasteiger partial charge in [-0.15, -0.1) is 11.3 Å². The fraction of sp³-hybridized carbons (Fsp3) is 0.778. The Hall–Kier alpha value is -1.12. The van der Waals surface area contributed by atoms with Gasteiger partial charge in [0.15, 0.2) is 0 Å². The third-order valence-corrected chi connectivity index (χ3v) is 6.36. The minimum Gasteiger partial charge on any atom is -0.379 e. The van der Waals surface area contributed by atoms with E-state index in [2.05, 4.69) is 30.7 Å². The van der Waals surface area contributed by atoms with Crippen LogP contribution in [-0.2, 0) is 14.9 Å². The molecule has 5 nitrogen and oxygen atoms in total. The van der Waals surface area contributed by atoms with Crippen molar-refractivity contribution < 1.29 is 18.3 Å². The minimum absolute atomic E-state index is 0.0997. The van der Waals surface area contributed by atoms with Crippen LogP contribution in [0.2, 0.25) is 0 Å². The Labute approximate surface area is 157 Å². The van der Waals surface area contributed by atoms with Crippen molar-refractivity contribution in [1.82, 2.24) is 14.8 Å². The number of nitrogens with zero attached hydrogens (tertiary/aromatic N) is 3. The second kappa shape index (κ2) is 7.48. The number of likely N-dealkylation sites (tertiary alicyclic amines) is 1. The van der Waals surface area contributed by atoms with Crippen molar-refractivity contribution in [3.63, 3.8) is 0 Å². The average molecular weight is 387 g/mol. The molecule has 2 fully saturated rings. The van der Waals surface area contributed by atoms with Gasteiger partial charge in [-0.05, 0) is 0 Å². The van der Waals surface area contributed by atoms with Gasteiger partial charge in [-0.2, -0.15) is 0 Å². The summed E-state index contributed by atoms with van der Waals surface area (Å²) in [6.07, 6.45) is 1.30. The van der Waals surface area contributed by atoms with Gasteiger partial charge in [0.2, 0.25) is 5.91 Å². The number of hydrogen-bond acceptors (Lipinski definition) is 5. The lowest BCUT2D eigenvalue weighted by Crippen LogP contribution is -2.51. The van der Waals surface area contributed by atoms with Crippen LogP contribution in [-0.4, -0.2) is 66.0 Å². The Morgan fingerprint density at radius 2 is 2.04 bits per heavy atom. The van der Waals surface area contributed by atoms with E-state index in [1.807, 2.05) is 0 Å². The number of aromatic nitrogens is 1. The molecule has 3 rings (SSSR count).